The molecule has 1 aromatic rings. The summed E-state index contributed by atoms with van der Waals surface area (Å²) in [4.78, 5) is 0. The molecule has 0 saturated heterocycles. The summed E-state index contributed by atoms with van der Waals surface area (Å²) in [5.41, 5.74) is 7.21. The first kappa shape index (κ1) is 17.6. The predicted octanol–water partition coefficient (Wildman–Crippen LogP) is 0.995. The van der Waals surface area contributed by atoms with Crippen LogP contribution < -0.4 is 15.8 Å². The number of rotatable bonds is 10. The average molecular weight is 313 g/mol. The number of ether oxygens (including phenoxy) is 1. The smallest absolute Gasteiger partial charge is 0.170 e. The van der Waals surface area contributed by atoms with E-state index >= 15 is 0 Å². The van der Waals surface area contributed by atoms with E-state index in [0.717, 1.165) is 35.8 Å². The van der Waals surface area contributed by atoms with Gasteiger partial charge >= 0.3 is 0 Å². The molecule has 0 aliphatic carbocycles. The maximum absolute atomic E-state index is 8.72. The molecule has 0 heterocycles. The van der Waals surface area contributed by atoms with Crippen LogP contribution in [0.1, 0.15) is 17.5 Å². The molecule has 7 heteroatoms. The first-order valence-electron chi connectivity index (χ1n) is 6.77. The Balaban J connectivity index is 2.49. The van der Waals surface area contributed by atoms with Gasteiger partial charge < -0.3 is 26.1 Å². The normalized spacial score (nSPS) is 11.6. The summed E-state index contributed by atoms with van der Waals surface area (Å²) in [6.07, 6.45) is 0.834. The van der Waals surface area contributed by atoms with Crippen LogP contribution in [-0.2, 0) is 6.54 Å². The van der Waals surface area contributed by atoms with Crippen LogP contribution in [0, 0.1) is 0 Å². The zero-order valence-corrected chi connectivity index (χ0v) is 13.0. The number of thioether (sulfide) groups is 1. The fourth-order valence-electron chi connectivity index (χ4n) is 1.77. The quantitative estimate of drug-likeness (QED) is 0.169. The molecule has 0 atom stereocenters. The van der Waals surface area contributed by atoms with Gasteiger partial charge in [-0.2, -0.15) is 11.8 Å². The van der Waals surface area contributed by atoms with Gasteiger partial charge in [-0.05, 0) is 30.4 Å². The second-order valence-corrected chi connectivity index (χ2v) is 5.60. The Kier molecular flexibility index (Phi) is 8.65. The first-order valence-corrected chi connectivity index (χ1v) is 7.92. The summed E-state index contributed by atoms with van der Waals surface area (Å²) in [5, 5.41) is 23.7. The number of benzene rings is 1. The molecular formula is C14H23N3O3S. The van der Waals surface area contributed by atoms with Crippen LogP contribution in [0.15, 0.2) is 23.4 Å². The SMILES string of the molecule is COc1ccc(/C(N)=N/O)cc1CNCCSCCCO. The highest BCUT2D eigenvalue weighted by atomic mass is 32.2. The second-order valence-electron chi connectivity index (χ2n) is 4.38. The third kappa shape index (κ3) is 6.24. The van der Waals surface area contributed by atoms with Gasteiger partial charge in [0.15, 0.2) is 5.84 Å². The molecule has 1 aromatic carbocycles. The van der Waals surface area contributed by atoms with Crippen molar-refractivity contribution in [3.63, 3.8) is 0 Å². The number of aliphatic hydroxyl groups excluding tert-OH is 1. The van der Waals surface area contributed by atoms with E-state index in [0.29, 0.717) is 12.1 Å². The van der Waals surface area contributed by atoms with Crippen molar-refractivity contribution in [3.8, 4) is 5.75 Å². The maximum Gasteiger partial charge on any atom is 0.170 e. The number of nitrogens with two attached hydrogens (primary N) is 1. The van der Waals surface area contributed by atoms with E-state index in [9.17, 15) is 0 Å². The molecular weight excluding hydrogens is 290 g/mol. The Morgan fingerprint density at radius 1 is 1.43 bits per heavy atom. The van der Waals surface area contributed by atoms with Crippen molar-refractivity contribution in [2.75, 3.05) is 31.8 Å². The van der Waals surface area contributed by atoms with Gasteiger partial charge in [-0.25, -0.2) is 0 Å². The summed E-state index contributed by atoms with van der Waals surface area (Å²) >= 11 is 1.81. The van der Waals surface area contributed by atoms with Crippen LogP contribution in [0.4, 0.5) is 0 Å². The standard InChI is InChI=1S/C14H23N3O3S/c1-20-13-4-3-11(14(15)17-19)9-12(13)10-16-5-8-21-7-2-6-18/h3-4,9,16,18-19H,2,5-8,10H2,1H3,(H2,15,17). The third-order valence-electron chi connectivity index (χ3n) is 2.87. The molecule has 0 fully saturated rings. The van der Waals surface area contributed by atoms with Gasteiger partial charge in [0.05, 0.1) is 7.11 Å². The summed E-state index contributed by atoms with van der Waals surface area (Å²) in [5.74, 6) is 2.81. The second kappa shape index (κ2) is 10.3. The molecule has 0 amide bonds. The molecule has 0 aromatic heterocycles. The van der Waals surface area contributed by atoms with Gasteiger partial charge in [0.1, 0.15) is 5.75 Å². The number of amidine groups is 1. The topological polar surface area (TPSA) is 100 Å². The van der Waals surface area contributed by atoms with Crippen LogP contribution in [0.3, 0.4) is 0 Å². The summed E-state index contributed by atoms with van der Waals surface area (Å²) in [7, 11) is 1.62. The van der Waals surface area contributed by atoms with Crippen LogP contribution in [0.25, 0.3) is 0 Å². The van der Waals surface area contributed by atoms with Crippen molar-refractivity contribution in [2.45, 2.75) is 13.0 Å². The van der Waals surface area contributed by atoms with E-state index in [1.807, 2.05) is 17.8 Å². The van der Waals surface area contributed by atoms with Gasteiger partial charge in [0.25, 0.3) is 0 Å². The van der Waals surface area contributed by atoms with Gasteiger partial charge in [0, 0.05) is 36.6 Å². The monoisotopic (exact) mass is 313 g/mol. The molecule has 0 unspecified atom stereocenters. The van der Waals surface area contributed by atoms with Crippen molar-refractivity contribution in [1.82, 2.24) is 5.32 Å². The lowest BCUT2D eigenvalue weighted by atomic mass is 10.1. The number of hydrogen-bond acceptors (Lipinski definition) is 6. The third-order valence-corrected chi connectivity index (χ3v) is 3.94. The van der Waals surface area contributed by atoms with Crippen LogP contribution in [-0.4, -0.2) is 47.9 Å². The highest BCUT2D eigenvalue weighted by molar-refractivity contribution is 7.99. The van der Waals surface area contributed by atoms with E-state index in [4.69, 9.17) is 20.8 Å². The lowest BCUT2D eigenvalue weighted by Crippen LogP contribution is -2.18. The minimum absolute atomic E-state index is 0.0819. The first-order chi connectivity index (χ1) is 10.2. The molecule has 21 heavy (non-hydrogen) atoms. The number of aliphatic hydroxyl groups is 1. The van der Waals surface area contributed by atoms with Crippen molar-refractivity contribution < 1.29 is 15.1 Å². The number of nitrogens with one attached hydrogen (secondary N) is 1. The van der Waals surface area contributed by atoms with E-state index in [-0.39, 0.29) is 12.4 Å². The number of methoxy groups -OCH3 is 1. The Morgan fingerprint density at radius 3 is 2.90 bits per heavy atom. The molecule has 0 radical (unpaired) electrons. The predicted molar refractivity (Wildman–Crippen MR) is 86.2 cm³/mol. The van der Waals surface area contributed by atoms with Crippen LogP contribution >= 0.6 is 11.8 Å². The molecule has 118 valence electrons. The fraction of sp³-hybridized carbons (Fsp3) is 0.500. The highest BCUT2D eigenvalue weighted by Gasteiger charge is 2.07. The van der Waals surface area contributed by atoms with Crippen LogP contribution in [0.5, 0.6) is 5.75 Å². The number of hydrogen-bond donors (Lipinski definition) is 4. The molecule has 0 aliphatic heterocycles. The molecule has 1 rings (SSSR count). The van der Waals surface area contributed by atoms with Crippen molar-refractivity contribution in [2.24, 2.45) is 10.9 Å². The average Bonchev–Trinajstić information content (AvgIpc) is 2.53. The van der Waals surface area contributed by atoms with Gasteiger partial charge in [0.2, 0.25) is 0 Å². The molecule has 6 nitrogen and oxygen atoms in total. The maximum atomic E-state index is 8.72. The zero-order chi connectivity index (χ0) is 15.5. The Bertz CT molecular complexity index is 455. The Hall–Kier alpha value is -1.44. The summed E-state index contributed by atoms with van der Waals surface area (Å²) in [6.45, 7) is 1.77. The fourth-order valence-corrected chi connectivity index (χ4v) is 2.60. The minimum atomic E-state index is 0.0819. The highest BCUT2D eigenvalue weighted by Crippen LogP contribution is 2.19. The summed E-state index contributed by atoms with van der Waals surface area (Å²) in [6, 6.07) is 5.41. The molecule has 0 aliphatic rings. The van der Waals surface area contributed by atoms with E-state index < -0.39 is 0 Å². The van der Waals surface area contributed by atoms with E-state index in [2.05, 4.69) is 10.5 Å². The minimum Gasteiger partial charge on any atom is -0.496 e. The van der Waals surface area contributed by atoms with Gasteiger partial charge in [-0.1, -0.05) is 5.16 Å². The zero-order valence-electron chi connectivity index (χ0n) is 12.2. The molecule has 0 saturated carbocycles. The lowest BCUT2D eigenvalue weighted by molar-refractivity contribution is 0.296. The lowest BCUT2D eigenvalue weighted by Gasteiger charge is -2.11. The molecule has 5 N–H and O–H groups in total. The molecule has 0 bridgehead atoms. The van der Waals surface area contributed by atoms with Crippen molar-refractivity contribution in [1.29, 1.82) is 0 Å². The number of nitrogens with zero attached hydrogens (tertiary/aromatic N) is 1. The van der Waals surface area contributed by atoms with E-state index in [1.165, 1.54) is 0 Å². The largest absolute Gasteiger partial charge is 0.496 e. The van der Waals surface area contributed by atoms with Crippen molar-refractivity contribution >= 4 is 17.6 Å². The van der Waals surface area contributed by atoms with E-state index in [1.54, 1.807) is 19.2 Å². The Labute approximate surface area is 129 Å². The van der Waals surface area contributed by atoms with Gasteiger partial charge in [-0.15, -0.1) is 0 Å². The Morgan fingerprint density at radius 2 is 2.24 bits per heavy atom. The number of oxime groups is 1. The van der Waals surface area contributed by atoms with Crippen LogP contribution in [0.2, 0.25) is 0 Å². The van der Waals surface area contributed by atoms with Crippen molar-refractivity contribution in [3.05, 3.63) is 29.3 Å². The van der Waals surface area contributed by atoms with Gasteiger partial charge in [-0.3, -0.25) is 0 Å². The summed E-state index contributed by atoms with van der Waals surface area (Å²) < 4.78 is 5.31. The molecule has 0 spiro atoms.